The SMILES string of the molecule is O=C(c1cc(Cl)nc(Cl)c1)N1CC[C@H]2CCCC[C@H]2C1. The molecule has 1 aromatic heterocycles. The summed E-state index contributed by atoms with van der Waals surface area (Å²) in [5, 5.41) is 0.543. The molecule has 3 rings (SSSR count). The van der Waals surface area contributed by atoms with Crippen LogP contribution in [0.5, 0.6) is 0 Å². The molecule has 1 amide bonds. The second-order valence-electron chi connectivity index (χ2n) is 5.85. The van der Waals surface area contributed by atoms with Crippen molar-refractivity contribution in [1.82, 2.24) is 9.88 Å². The third-order valence-corrected chi connectivity index (χ3v) is 4.98. The molecule has 0 spiro atoms. The molecule has 1 saturated carbocycles. The quantitative estimate of drug-likeness (QED) is 0.733. The van der Waals surface area contributed by atoms with Crippen LogP contribution in [-0.4, -0.2) is 28.9 Å². The summed E-state index contributed by atoms with van der Waals surface area (Å²) in [5.74, 6) is 1.52. The number of hydrogen-bond acceptors (Lipinski definition) is 2. The number of rotatable bonds is 1. The Morgan fingerprint density at radius 1 is 1.10 bits per heavy atom. The van der Waals surface area contributed by atoms with Gasteiger partial charge in [0.25, 0.3) is 5.91 Å². The number of fused-ring (bicyclic) bond motifs is 1. The number of likely N-dealkylation sites (tertiary alicyclic amines) is 1. The molecule has 1 aliphatic carbocycles. The topological polar surface area (TPSA) is 33.2 Å². The van der Waals surface area contributed by atoms with Gasteiger partial charge in [0.2, 0.25) is 0 Å². The minimum atomic E-state index is 0.0280. The van der Waals surface area contributed by atoms with Crippen LogP contribution in [-0.2, 0) is 0 Å². The fourth-order valence-electron chi connectivity index (χ4n) is 3.56. The molecule has 5 heteroatoms. The first kappa shape index (κ1) is 14.2. The van der Waals surface area contributed by atoms with Gasteiger partial charge in [0.05, 0.1) is 0 Å². The standard InChI is InChI=1S/C15H18Cl2N2O/c16-13-7-12(8-14(17)18-13)15(20)19-6-5-10-3-1-2-4-11(10)9-19/h7-8,10-11H,1-6,9H2/t10-,11+/m1/s1. The van der Waals surface area contributed by atoms with Gasteiger partial charge < -0.3 is 4.90 Å². The number of piperidine rings is 1. The van der Waals surface area contributed by atoms with Crippen molar-refractivity contribution in [2.75, 3.05) is 13.1 Å². The van der Waals surface area contributed by atoms with Crippen LogP contribution in [0.2, 0.25) is 10.3 Å². The number of hydrogen-bond donors (Lipinski definition) is 0. The largest absolute Gasteiger partial charge is 0.338 e. The Balaban J connectivity index is 1.74. The molecule has 0 N–H and O–H groups in total. The van der Waals surface area contributed by atoms with Crippen LogP contribution in [0.1, 0.15) is 42.5 Å². The maximum atomic E-state index is 12.6. The molecule has 108 valence electrons. The molecule has 1 aromatic rings. The Hall–Kier alpha value is -0.800. The zero-order valence-electron chi connectivity index (χ0n) is 11.3. The molecular formula is C15H18Cl2N2O. The highest BCUT2D eigenvalue weighted by molar-refractivity contribution is 6.33. The van der Waals surface area contributed by atoms with Crippen LogP contribution < -0.4 is 0 Å². The Morgan fingerprint density at radius 2 is 1.75 bits per heavy atom. The van der Waals surface area contributed by atoms with Crippen LogP contribution in [0, 0.1) is 11.8 Å². The van der Waals surface area contributed by atoms with Gasteiger partial charge >= 0.3 is 0 Å². The van der Waals surface area contributed by atoms with Gasteiger partial charge in [-0.1, -0.05) is 42.5 Å². The highest BCUT2D eigenvalue weighted by Gasteiger charge is 2.33. The molecular weight excluding hydrogens is 295 g/mol. The number of halogens is 2. The highest BCUT2D eigenvalue weighted by atomic mass is 35.5. The summed E-state index contributed by atoms with van der Waals surface area (Å²) in [6.45, 7) is 1.72. The van der Waals surface area contributed by atoms with Crippen molar-refractivity contribution in [2.45, 2.75) is 32.1 Å². The fourth-order valence-corrected chi connectivity index (χ4v) is 4.02. The molecule has 2 atom stereocenters. The van der Waals surface area contributed by atoms with Crippen LogP contribution in [0.15, 0.2) is 12.1 Å². The van der Waals surface area contributed by atoms with Crippen LogP contribution >= 0.6 is 23.2 Å². The van der Waals surface area contributed by atoms with E-state index >= 15 is 0 Å². The van der Waals surface area contributed by atoms with E-state index in [-0.39, 0.29) is 16.2 Å². The molecule has 1 saturated heterocycles. The predicted octanol–water partition coefficient (Wildman–Crippen LogP) is 4.04. The molecule has 2 fully saturated rings. The molecule has 2 aliphatic rings. The molecule has 0 radical (unpaired) electrons. The third kappa shape index (κ3) is 2.94. The normalized spacial score (nSPS) is 26.2. The maximum Gasteiger partial charge on any atom is 0.254 e. The van der Waals surface area contributed by atoms with E-state index in [1.54, 1.807) is 12.1 Å². The van der Waals surface area contributed by atoms with Crippen molar-refractivity contribution < 1.29 is 4.79 Å². The Bertz CT molecular complexity index is 500. The van der Waals surface area contributed by atoms with Gasteiger partial charge in [-0.25, -0.2) is 4.98 Å². The van der Waals surface area contributed by atoms with Crippen LogP contribution in [0.25, 0.3) is 0 Å². The first-order chi connectivity index (χ1) is 9.63. The van der Waals surface area contributed by atoms with Gasteiger partial charge in [0.1, 0.15) is 10.3 Å². The first-order valence-corrected chi connectivity index (χ1v) is 8.01. The molecule has 3 nitrogen and oxygen atoms in total. The van der Waals surface area contributed by atoms with E-state index < -0.39 is 0 Å². The average Bonchev–Trinajstić information content (AvgIpc) is 2.45. The number of amides is 1. The molecule has 0 bridgehead atoms. The predicted molar refractivity (Wildman–Crippen MR) is 80.2 cm³/mol. The van der Waals surface area contributed by atoms with Gasteiger partial charge in [-0.3, -0.25) is 4.79 Å². The van der Waals surface area contributed by atoms with E-state index in [0.717, 1.165) is 25.4 Å². The molecule has 0 aromatic carbocycles. The van der Waals surface area contributed by atoms with E-state index in [4.69, 9.17) is 23.2 Å². The summed E-state index contributed by atoms with van der Waals surface area (Å²) in [6, 6.07) is 3.20. The fraction of sp³-hybridized carbons (Fsp3) is 0.600. The van der Waals surface area contributed by atoms with E-state index in [2.05, 4.69) is 4.98 Å². The smallest absolute Gasteiger partial charge is 0.254 e. The van der Waals surface area contributed by atoms with Gasteiger partial charge in [-0.2, -0.15) is 0 Å². The lowest BCUT2D eigenvalue weighted by atomic mass is 9.75. The summed E-state index contributed by atoms with van der Waals surface area (Å²) < 4.78 is 0. The average molecular weight is 313 g/mol. The zero-order chi connectivity index (χ0) is 14.1. The van der Waals surface area contributed by atoms with E-state index in [0.29, 0.717) is 11.5 Å². The number of aromatic nitrogens is 1. The summed E-state index contributed by atoms with van der Waals surface area (Å²) in [7, 11) is 0. The van der Waals surface area contributed by atoms with E-state index in [9.17, 15) is 4.79 Å². The minimum Gasteiger partial charge on any atom is -0.338 e. The monoisotopic (exact) mass is 312 g/mol. The molecule has 20 heavy (non-hydrogen) atoms. The van der Waals surface area contributed by atoms with Crippen molar-refractivity contribution >= 4 is 29.1 Å². The number of pyridine rings is 1. The Kier molecular flexibility index (Phi) is 4.18. The molecule has 2 heterocycles. The lowest BCUT2D eigenvalue weighted by Gasteiger charge is -2.41. The third-order valence-electron chi connectivity index (χ3n) is 4.59. The maximum absolute atomic E-state index is 12.6. The zero-order valence-corrected chi connectivity index (χ0v) is 12.8. The van der Waals surface area contributed by atoms with Gasteiger partial charge in [-0.15, -0.1) is 0 Å². The summed E-state index contributed by atoms with van der Waals surface area (Å²) in [6.07, 6.45) is 6.37. The van der Waals surface area contributed by atoms with Gasteiger partial charge in [0, 0.05) is 18.7 Å². The lowest BCUT2D eigenvalue weighted by Crippen LogP contribution is -2.44. The summed E-state index contributed by atoms with van der Waals surface area (Å²) >= 11 is 11.8. The lowest BCUT2D eigenvalue weighted by molar-refractivity contribution is 0.0521. The number of carbonyl (C=O) groups excluding carboxylic acids is 1. The summed E-state index contributed by atoms with van der Waals surface area (Å²) in [5.41, 5.74) is 0.546. The van der Waals surface area contributed by atoms with Crippen molar-refractivity contribution in [3.63, 3.8) is 0 Å². The first-order valence-electron chi connectivity index (χ1n) is 7.26. The van der Waals surface area contributed by atoms with Gasteiger partial charge in [0.15, 0.2) is 0 Å². The summed E-state index contributed by atoms with van der Waals surface area (Å²) in [4.78, 5) is 18.4. The molecule has 1 aliphatic heterocycles. The van der Waals surface area contributed by atoms with E-state index in [1.165, 1.54) is 25.7 Å². The molecule has 0 unspecified atom stereocenters. The van der Waals surface area contributed by atoms with E-state index in [1.807, 2.05) is 4.90 Å². The Labute approximate surface area is 129 Å². The van der Waals surface area contributed by atoms with Crippen molar-refractivity contribution in [2.24, 2.45) is 11.8 Å². The minimum absolute atomic E-state index is 0.0280. The number of carbonyl (C=O) groups is 1. The number of nitrogens with zero attached hydrogens (tertiary/aromatic N) is 2. The second-order valence-corrected chi connectivity index (χ2v) is 6.62. The van der Waals surface area contributed by atoms with Crippen LogP contribution in [0.3, 0.4) is 0 Å². The van der Waals surface area contributed by atoms with Crippen molar-refractivity contribution in [3.05, 3.63) is 28.0 Å². The van der Waals surface area contributed by atoms with Gasteiger partial charge in [-0.05, 0) is 36.8 Å². The Morgan fingerprint density at radius 3 is 2.45 bits per heavy atom. The van der Waals surface area contributed by atoms with Crippen molar-refractivity contribution in [3.8, 4) is 0 Å². The van der Waals surface area contributed by atoms with Crippen LogP contribution in [0.4, 0.5) is 0 Å². The second kappa shape index (κ2) is 5.90. The van der Waals surface area contributed by atoms with Crippen molar-refractivity contribution in [1.29, 1.82) is 0 Å². The highest BCUT2D eigenvalue weighted by Crippen LogP contribution is 2.36.